The van der Waals surface area contributed by atoms with E-state index in [2.05, 4.69) is 6.92 Å². The Morgan fingerprint density at radius 3 is 2.60 bits per heavy atom. The van der Waals surface area contributed by atoms with Gasteiger partial charge < -0.3 is 18.9 Å². The number of aryl methyl sites for hydroxylation is 2. The molecule has 0 N–H and O–H groups in total. The van der Waals surface area contributed by atoms with Gasteiger partial charge in [-0.05, 0) is 48.7 Å². The van der Waals surface area contributed by atoms with Crippen LogP contribution < -0.4 is 14.2 Å². The summed E-state index contributed by atoms with van der Waals surface area (Å²) in [5.74, 6) is 1.43. The molecule has 0 aromatic heterocycles. The van der Waals surface area contributed by atoms with Crippen molar-refractivity contribution in [3.05, 3.63) is 53.6 Å². The first kappa shape index (κ1) is 18.6. The standard InChI is InChI=1S/C20H24O5/c1-4-16-6-5-7-17(13-16)23-10-11-24-20(21)14-25-18-9-8-15(2)12-19(18)22-3/h5-9,12-13H,4,10-11,14H2,1-3H3. The molecule has 0 aliphatic heterocycles. The SMILES string of the molecule is CCc1cccc(OCCOC(=O)COc2ccc(C)cc2OC)c1. The molecule has 0 saturated heterocycles. The highest BCUT2D eigenvalue weighted by atomic mass is 16.6. The second-order valence-electron chi connectivity index (χ2n) is 5.51. The number of esters is 1. The number of methoxy groups -OCH3 is 1. The highest BCUT2D eigenvalue weighted by Crippen LogP contribution is 2.27. The number of rotatable bonds is 9. The van der Waals surface area contributed by atoms with Crippen molar-refractivity contribution < 1.29 is 23.7 Å². The maximum absolute atomic E-state index is 11.8. The van der Waals surface area contributed by atoms with Gasteiger partial charge in [0.15, 0.2) is 18.1 Å². The molecule has 5 heteroatoms. The fourth-order valence-corrected chi connectivity index (χ4v) is 2.24. The first-order chi connectivity index (χ1) is 12.1. The Balaban J connectivity index is 1.70. The summed E-state index contributed by atoms with van der Waals surface area (Å²) in [6, 6.07) is 13.4. The molecule has 0 fully saturated rings. The lowest BCUT2D eigenvalue weighted by atomic mass is 10.2. The van der Waals surface area contributed by atoms with Gasteiger partial charge in [0.1, 0.15) is 19.0 Å². The number of carbonyl (C=O) groups is 1. The van der Waals surface area contributed by atoms with E-state index in [-0.39, 0.29) is 13.2 Å². The summed E-state index contributed by atoms with van der Waals surface area (Å²) in [5, 5.41) is 0. The van der Waals surface area contributed by atoms with Crippen molar-refractivity contribution >= 4 is 5.97 Å². The van der Waals surface area contributed by atoms with Crippen molar-refractivity contribution in [2.75, 3.05) is 26.9 Å². The van der Waals surface area contributed by atoms with E-state index in [1.165, 1.54) is 5.56 Å². The Hall–Kier alpha value is -2.69. The van der Waals surface area contributed by atoms with E-state index in [1.807, 2.05) is 43.3 Å². The Labute approximate surface area is 148 Å². The lowest BCUT2D eigenvalue weighted by molar-refractivity contribution is -0.146. The zero-order valence-corrected chi connectivity index (χ0v) is 14.9. The van der Waals surface area contributed by atoms with Crippen molar-refractivity contribution in [3.63, 3.8) is 0 Å². The molecule has 2 aromatic rings. The summed E-state index contributed by atoms with van der Waals surface area (Å²) in [5.41, 5.74) is 2.26. The van der Waals surface area contributed by atoms with Crippen LogP contribution in [0.5, 0.6) is 17.2 Å². The fourth-order valence-electron chi connectivity index (χ4n) is 2.24. The summed E-state index contributed by atoms with van der Waals surface area (Å²) in [4.78, 5) is 11.8. The molecule has 25 heavy (non-hydrogen) atoms. The van der Waals surface area contributed by atoms with Crippen LogP contribution >= 0.6 is 0 Å². The smallest absolute Gasteiger partial charge is 0.344 e. The zero-order valence-electron chi connectivity index (χ0n) is 14.9. The highest BCUT2D eigenvalue weighted by molar-refractivity contribution is 5.71. The molecule has 0 spiro atoms. The number of hydrogen-bond donors (Lipinski definition) is 0. The van der Waals surface area contributed by atoms with Crippen LogP contribution in [0, 0.1) is 6.92 Å². The third kappa shape index (κ3) is 6.03. The lowest BCUT2D eigenvalue weighted by Crippen LogP contribution is -2.18. The number of ether oxygens (including phenoxy) is 4. The summed E-state index contributed by atoms with van der Waals surface area (Å²) in [7, 11) is 1.56. The van der Waals surface area contributed by atoms with Gasteiger partial charge in [0, 0.05) is 0 Å². The molecule has 5 nitrogen and oxygen atoms in total. The molecule has 0 radical (unpaired) electrons. The van der Waals surface area contributed by atoms with Crippen molar-refractivity contribution in [1.29, 1.82) is 0 Å². The van der Waals surface area contributed by atoms with E-state index in [0.717, 1.165) is 17.7 Å². The van der Waals surface area contributed by atoms with E-state index < -0.39 is 5.97 Å². The second-order valence-corrected chi connectivity index (χ2v) is 5.51. The maximum atomic E-state index is 11.8. The van der Waals surface area contributed by atoms with Crippen LogP contribution in [-0.2, 0) is 16.0 Å². The van der Waals surface area contributed by atoms with E-state index in [1.54, 1.807) is 13.2 Å². The predicted octanol–water partition coefficient (Wildman–Crippen LogP) is 3.57. The van der Waals surface area contributed by atoms with Crippen molar-refractivity contribution in [1.82, 2.24) is 0 Å². The van der Waals surface area contributed by atoms with Gasteiger partial charge >= 0.3 is 5.97 Å². The molecule has 0 aliphatic rings. The third-order valence-corrected chi connectivity index (χ3v) is 3.59. The van der Waals surface area contributed by atoms with Crippen molar-refractivity contribution in [2.24, 2.45) is 0 Å². The molecule has 2 rings (SSSR count). The average molecular weight is 344 g/mol. The minimum absolute atomic E-state index is 0.170. The minimum atomic E-state index is -0.450. The maximum Gasteiger partial charge on any atom is 0.344 e. The molecule has 0 amide bonds. The summed E-state index contributed by atoms with van der Waals surface area (Å²) in [6.07, 6.45) is 0.950. The molecule has 2 aromatic carbocycles. The van der Waals surface area contributed by atoms with Crippen molar-refractivity contribution in [2.45, 2.75) is 20.3 Å². The lowest BCUT2D eigenvalue weighted by Gasteiger charge is -2.11. The fraction of sp³-hybridized carbons (Fsp3) is 0.350. The average Bonchev–Trinajstić information content (AvgIpc) is 2.64. The molecule has 134 valence electrons. The number of hydrogen-bond acceptors (Lipinski definition) is 5. The Morgan fingerprint density at radius 2 is 1.84 bits per heavy atom. The van der Waals surface area contributed by atoms with E-state index in [4.69, 9.17) is 18.9 Å². The van der Waals surface area contributed by atoms with E-state index in [9.17, 15) is 4.79 Å². The van der Waals surface area contributed by atoms with Gasteiger partial charge in [0.05, 0.1) is 7.11 Å². The molecular formula is C20H24O5. The Morgan fingerprint density at radius 1 is 1.00 bits per heavy atom. The molecule has 0 bridgehead atoms. The quantitative estimate of drug-likeness (QED) is 0.514. The van der Waals surface area contributed by atoms with Gasteiger partial charge in [0.2, 0.25) is 0 Å². The number of benzene rings is 2. The van der Waals surface area contributed by atoms with Gasteiger partial charge in [-0.3, -0.25) is 0 Å². The second kappa shape index (κ2) is 9.57. The summed E-state index contributed by atoms with van der Waals surface area (Å²) >= 11 is 0. The Kier molecular flexibility index (Phi) is 7.14. The molecule has 0 heterocycles. The van der Waals surface area contributed by atoms with Gasteiger partial charge in [-0.25, -0.2) is 4.79 Å². The molecule has 0 aliphatic carbocycles. The van der Waals surface area contributed by atoms with Crippen molar-refractivity contribution in [3.8, 4) is 17.2 Å². The molecule has 0 saturated carbocycles. The van der Waals surface area contributed by atoms with Crippen LogP contribution in [0.3, 0.4) is 0 Å². The topological polar surface area (TPSA) is 54.0 Å². The van der Waals surface area contributed by atoms with Crippen LogP contribution in [0.1, 0.15) is 18.1 Å². The number of carbonyl (C=O) groups excluding carboxylic acids is 1. The van der Waals surface area contributed by atoms with Crippen LogP contribution in [-0.4, -0.2) is 32.9 Å². The first-order valence-electron chi connectivity index (χ1n) is 8.27. The predicted molar refractivity (Wildman–Crippen MR) is 95.5 cm³/mol. The third-order valence-electron chi connectivity index (χ3n) is 3.59. The monoisotopic (exact) mass is 344 g/mol. The summed E-state index contributed by atoms with van der Waals surface area (Å²) in [6.45, 7) is 4.34. The van der Waals surface area contributed by atoms with Gasteiger partial charge in [0.25, 0.3) is 0 Å². The van der Waals surface area contributed by atoms with E-state index in [0.29, 0.717) is 18.1 Å². The minimum Gasteiger partial charge on any atom is -0.493 e. The molecule has 0 unspecified atom stereocenters. The zero-order chi connectivity index (χ0) is 18.1. The van der Waals surface area contributed by atoms with Crippen LogP contribution in [0.2, 0.25) is 0 Å². The highest BCUT2D eigenvalue weighted by Gasteiger charge is 2.09. The molecular weight excluding hydrogens is 320 g/mol. The van der Waals surface area contributed by atoms with Gasteiger partial charge in [-0.1, -0.05) is 25.1 Å². The van der Waals surface area contributed by atoms with Gasteiger partial charge in [-0.15, -0.1) is 0 Å². The molecule has 0 atom stereocenters. The largest absolute Gasteiger partial charge is 0.493 e. The first-order valence-corrected chi connectivity index (χ1v) is 8.27. The van der Waals surface area contributed by atoms with Crippen LogP contribution in [0.25, 0.3) is 0 Å². The van der Waals surface area contributed by atoms with E-state index >= 15 is 0 Å². The van der Waals surface area contributed by atoms with Crippen LogP contribution in [0.4, 0.5) is 0 Å². The van der Waals surface area contributed by atoms with Crippen LogP contribution in [0.15, 0.2) is 42.5 Å². The van der Waals surface area contributed by atoms with Gasteiger partial charge in [-0.2, -0.15) is 0 Å². The Bertz CT molecular complexity index is 696. The normalized spacial score (nSPS) is 10.2. The summed E-state index contributed by atoms with van der Waals surface area (Å²) < 4.78 is 21.4.